The molecule has 0 aliphatic carbocycles. The largest absolute Gasteiger partial charge is 0.351 e. The molecule has 2 aromatic carbocycles. The highest BCUT2D eigenvalue weighted by atomic mass is 16.6. The third-order valence-corrected chi connectivity index (χ3v) is 3.87. The first-order valence-corrected chi connectivity index (χ1v) is 6.81. The van der Waals surface area contributed by atoms with E-state index in [1.54, 1.807) is 24.3 Å². The molecule has 4 rings (SSSR count). The number of hydrogen-bond donors (Lipinski definition) is 2. The Morgan fingerprint density at radius 3 is 2.39 bits per heavy atom. The number of nitro groups is 1. The summed E-state index contributed by atoms with van der Waals surface area (Å²) in [4.78, 5) is 35.2. The van der Waals surface area contributed by atoms with Gasteiger partial charge in [0.25, 0.3) is 11.6 Å². The Morgan fingerprint density at radius 1 is 0.913 bits per heavy atom. The Kier molecular flexibility index (Phi) is 2.59. The Bertz CT molecular complexity index is 946. The molecular weight excluding hydrogens is 298 g/mol. The number of carbonyl (C=O) groups is 2. The fourth-order valence-corrected chi connectivity index (χ4v) is 2.81. The third kappa shape index (κ3) is 1.83. The van der Waals surface area contributed by atoms with Crippen LogP contribution in [0.4, 0.5) is 17.1 Å². The first-order chi connectivity index (χ1) is 11.1. The summed E-state index contributed by atoms with van der Waals surface area (Å²) >= 11 is 0. The fourth-order valence-electron chi connectivity index (χ4n) is 2.81. The fraction of sp³-hybridized carbons (Fsp3) is 0. The highest BCUT2D eigenvalue weighted by molar-refractivity contribution is 6.39. The van der Waals surface area contributed by atoms with Crippen molar-refractivity contribution in [3.63, 3.8) is 0 Å². The van der Waals surface area contributed by atoms with Gasteiger partial charge in [-0.2, -0.15) is 0 Å². The van der Waals surface area contributed by atoms with Crippen molar-refractivity contribution in [1.82, 2.24) is 0 Å². The van der Waals surface area contributed by atoms with Crippen molar-refractivity contribution >= 4 is 34.3 Å². The lowest BCUT2D eigenvalue weighted by molar-refractivity contribution is -0.384. The normalized spacial score (nSPS) is 18.3. The van der Waals surface area contributed by atoms with Gasteiger partial charge >= 0.3 is 0 Å². The third-order valence-electron chi connectivity index (χ3n) is 3.87. The summed E-state index contributed by atoms with van der Waals surface area (Å²) in [5.74, 6) is -0.755. The number of Topliss-reactive ketones (excluding diaryl/α,β-unsaturated/α-hetero) is 1. The number of hydrogen-bond acceptors (Lipinski definition) is 5. The minimum absolute atomic E-state index is 0.130. The molecule has 1 amide bonds. The molecule has 0 radical (unpaired) electrons. The monoisotopic (exact) mass is 307 g/mol. The van der Waals surface area contributed by atoms with E-state index in [2.05, 4.69) is 10.6 Å². The van der Waals surface area contributed by atoms with Crippen molar-refractivity contribution in [2.75, 3.05) is 10.6 Å². The molecule has 23 heavy (non-hydrogen) atoms. The molecule has 0 fully saturated rings. The van der Waals surface area contributed by atoms with Crippen LogP contribution in [0.3, 0.4) is 0 Å². The maximum atomic E-state index is 12.5. The Labute approximate surface area is 129 Å². The highest BCUT2D eigenvalue weighted by Gasteiger charge is 2.35. The first-order valence-electron chi connectivity index (χ1n) is 6.81. The van der Waals surface area contributed by atoms with E-state index in [9.17, 15) is 19.7 Å². The van der Waals surface area contributed by atoms with E-state index in [1.807, 2.05) is 0 Å². The minimum Gasteiger partial charge on any atom is -0.351 e. The number of nitrogens with zero attached hydrogens (tertiary/aromatic N) is 1. The number of fused-ring (bicyclic) bond motifs is 2. The van der Waals surface area contributed by atoms with Crippen LogP contribution in [0.25, 0.3) is 5.57 Å². The second-order valence-corrected chi connectivity index (χ2v) is 5.19. The number of carbonyl (C=O) groups excluding carboxylic acids is 2. The molecular formula is C16H9N3O4. The number of benzene rings is 2. The highest BCUT2D eigenvalue weighted by Crippen LogP contribution is 2.39. The van der Waals surface area contributed by atoms with Crippen LogP contribution in [0.1, 0.15) is 15.9 Å². The van der Waals surface area contributed by atoms with E-state index in [-0.39, 0.29) is 22.7 Å². The number of rotatable bonds is 1. The lowest BCUT2D eigenvalue weighted by Crippen LogP contribution is -2.11. The van der Waals surface area contributed by atoms with Gasteiger partial charge in [-0.1, -0.05) is 12.1 Å². The van der Waals surface area contributed by atoms with E-state index in [0.717, 1.165) is 0 Å². The lowest BCUT2D eigenvalue weighted by Gasteiger charge is -2.03. The van der Waals surface area contributed by atoms with E-state index in [4.69, 9.17) is 0 Å². The van der Waals surface area contributed by atoms with Crippen molar-refractivity contribution in [3.8, 4) is 0 Å². The van der Waals surface area contributed by atoms with E-state index in [0.29, 0.717) is 22.5 Å². The van der Waals surface area contributed by atoms with Gasteiger partial charge in [-0.3, -0.25) is 19.7 Å². The van der Waals surface area contributed by atoms with Crippen molar-refractivity contribution in [3.05, 3.63) is 69.4 Å². The summed E-state index contributed by atoms with van der Waals surface area (Å²) in [5, 5.41) is 16.5. The SMILES string of the molecule is O=C1Nc2ccc([N+](=O)[O-])cc2/C1=C1/Nc2ccccc2C1=O. The first kappa shape index (κ1) is 13.2. The number of nitro benzene ring substituents is 1. The summed E-state index contributed by atoms with van der Waals surface area (Å²) < 4.78 is 0. The Balaban J connectivity index is 1.92. The van der Waals surface area contributed by atoms with E-state index < -0.39 is 10.8 Å². The van der Waals surface area contributed by atoms with Gasteiger partial charge in [0.1, 0.15) is 5.70 Å². The van der Waals surface area contributed by atoms with Crippen LogP contribution in [-0.2, 0) is 4.79 Å². The number of nitrogens with one attached hydrogen (secondary N) is 2. The zero-order chi connectivity index (χ0) is 16.1. The number of ketones is 1. The predicted octanol–water partition coefficient (Wildman–Crippen LogP) is 2.57. The van der Waals surface area contributed by atoms with Crippen molar-refractivity contribution in [1.29, 1.82) is 0 Å². The number of allylic oxidation sites excluding steroid dienone is 1. The molecule has 2 aromatic rings. The van der Waals surface area contributed by atoms with Gasteiger partial charge in [0.05, 0.1) is 10.5 Å². The second kappa shape index (κ2) is 4.51. The quantitative estimate of drug-likeness (QED) is 0.479. The maximum Gasteiger partial charge on any atom is 0.270 e. The summed E-state index contributed by atoms with van der Waals surface area (Å²) in [6.45, 7) is 0. The summed E-state index contributed by atoms with van der Waals surface area (Å²) in [5.41, 5.74) is 2.03. The average Bonchev–Trinajstić information content (AvgIpc) is 3.03. The molecule has 2 heterocycles. The van der Waals surface area contributed by atoms with E-state index >= 15 is 0 Å². The van der Waals surface area contributed by atoms with Crippen molar-refractivity contribution in [2.24, 2.45) is 0 Å². The van der Waals surface area contributed by atoms with Crippen LogP contribution < -0.4 is 10.6 Å². The summed E-state index contributed by atoms with van der Waals surface area (Å²) in [6, 6.07) is 11.0. The number of non-ortho nitro benzene ring substituents is 1. The van der Waals surface area contributed by atoms with Crippen molar-refractivity contribution in [2.45, 2.75) is 0 Å². The van der Waals surface area contributed by atoms with Crippen LogP contribution in [0.5, 0.6) is 0 Å². The topological polar surface area (TPSA) is 101 Å². The van der Waals surface area contributed by atoms with Gasteiger partial charge in [0.15, 0.2) is 0 Å². The molecule has 2 N–H and O–H groups in total. The van der Waals surface area contributed by atoms with Gasteiger partial charge in [0, 0.05) is 34.6 Å². The molecule has 0 spiro atoms. The van der Waals surface area contributed by atoms with Crippen LogP contribution >= 0.6 is 0 Å². The zero-order valence-electron chi connectivity index (χ0n) is 11.6. The molecule has 0 aromatic heterocycles. The van der Waals surface area contributed by atoms with Gasteiger partial charge < -0.3 is 10.6 Å². The smallest absolute Gasteiger partial charge is 0.270 e. The maximum absolute atomic E-state index is 12.5. The van der Waals surface area contributed by atoms with Gasteiger partial charge in [-0.25, -0.2) is 0 Å². The zero-order valence-corrected chi connectivity index (χ0v) is 11.6. The molecule has 0 saturated carbocycles. The Hall–Kier alpha value is -3.48. The molecule has 2 aliphatic heterocycles. The number of amides is 1. The van der Waals surface area contributed by atoms with Gasteiger partial charge in [0.2, 0.25) is 5.78 Å². The average molecular weight is 307 g/mol. The molecule has 0 unspecified atom stereocenters. The molecule has 7 heteroatoms. The molecule has 0 saturated heterocycles. The lowest BCUT2D eigenvalue weighted by atomic mass is 10.0. The van der Waals surface area contributed by atoms with Gasteiger partial charge in [-0.05, 0) is 18.2 Å². The van der Waals surface area contributed by atoms with Crippen LogP contribution in [-0.4, -0.2) is 16.6 Å². The minimum atomic E-state index is -0.538. The predicted molar refractivity (Wildman–Crippen MR) is 83.0 cm³/mol. The molecule has 2 aliphatic rings. The van der Waals surface area contributed by atoms with Crippen molar-refractivity contribution < 1.29 is 14.5 Å². The second-order valence-electron chi connectivity index (χ2n) is 5.19. The molecule has 7 nitrogen and oxygen atoms in total. The molecule has 112 valence electrons. The number of para-hydroxylation sites is 1. The van der Waals surface area contributed by atoms with Crippen LogP contribution in [0, 0.1) is 10.1 Å². The van der Waals surface area contributed by atoms with Crippen LogP contribution in [0.15, 0.2) is 48.2 Å². The van der Waals surface area contributed by atoms with Crippen LogP contribution in [0.2, 0.25) is 0 Å². The molecule has 0 atom stereocenters. The number of anilines is 2. The summed E-state index contributed by atoms with van der Waals surface area (Å²) in [7, 11) is 0. The summed E-state index contributed by atoms with van der Waals surface area (Å²) in [6.07, 6.45) is 0. The standard InChI is InChI=1S/C16H9N3O4/c20-15-9-3-1-2-4-11(9)17-14(15)13-10-7-8(19(22)23)5-6-12(10)18-16(13)21/h1-7,17H,(H,18,21)/b14-13-. The Morgan fingerprint density at radius 2 is 1.65 bits per heavy atom. The molecule has 0 bridgehead atoms. The van der Waals surface area contributed by atoms with E-state index in [1.165, 1.54) is 18.2 Å². The van der Waals surface area contributed by atoms with Gasteiger partial charge in [-0.15, -0.1) is 0 Å².